The van der Waals surface area contributed by atoms with E-state index in [9.17, 15) is 0 Å². The van der Waals surface area contributed by atoms with Gasteiger partial charge in [0.15, 0.2) is 0 Å². The zero-order chi connectivity index (χ0) is 15.4. The molecule has 0 aliphatic heterocycles. The van der Waals surface area contributed by atoms with Crippen LogP contribution in [-0.2, 0) is 0 Å². The lowest BCUT2D eigenvalue weighted by Crippen LogP contribution is -2.29. The smallest absolute Gasteiger partial charge is 0.120 e. The van der Waals surface area contributed by atoms with Gasteiger partial charge in [-0.15, -0.1) is 0 Å². The van der Waals surface area contributed by atoms with Crippen molar-refractivity contribution in [2.45, 2.75) is 19.9 Å². The Morgan fingerprint density at radius 1 is 1.10 bits per heavy atom. The molecule has 0 aliphatic carbocycles. The van der Waals surface area contributed by atoms with E-state index < -0.39 is 0 Å². The first-order chi connectivity index (χ1) is 10.0. The number of benzene rings is 2. The number of hydrogen-bond donors (Lipinski definition) is 1. The largest absolute Gasteiger partial charge is 0.497 e. The maximum atomic E-state index is 6.35. The van der Waals surface area contributed by atoms with E-state index in [1.807, 2.05) is 18.2 Å². The summed E-state index contributed by atoms with van der Waals surface area (Å²) >= 11 is 0. The third kappa shape index (κ3) is 3.76. The molecule has 2 aromatic carbocycles. The first-order valence-electron chi connectivity index (χ1n) is 7.19. The van der Waals surface area contributed by atoms with Crippen LogP contribution < -0.4 is 15.4 Å². The molecule has 21 heavy (non-hydrogen) atoms. The van der Waals surface area contributed by atoms with E-state index in [4.69, 9.17) is 10.5 Å². The number of nitrogens with two attached hydrogens (primary N) is 1. The van der Waals surface area contributed by atoms with E-state index in [0.29, 0.717) is 0 Å². The van der Waals surface area contributed by atoms with Crippen molar-refractivity contribution in [3.8, 4) is 5.75 Å². The minimum atomic E-state index is -0.0134. The molecule has 0 amide bonds. The van der Waals surface area contributed by atoms with Crippen molar-refractivity contribution in [1.29, 1.82) is 0 Å². The van der Waals surface area contributed by atoms with Crippen molar-refractivity contribution in [2.75, 3.05) is 25.6 Å². The van der Waals surface area contributed by atoms with Crippen LogP contribution in [0.5, 0.6) is 5.75 Å². The summed E-state index contributed by atoms with van der Waals surface area (Å²) in [7, 11) is 3.73. The Balaban J connectivity index is 2.10. The summed E-state index contributed by atoms with van der Waals surface area (Å²) in [5.41, 5.74) is 11.2. The third-order valence-corrected chi connectivity index (χ3v) is 3.92. The average molecular weight is 284 g/mol. The van der Waals surface area contributed by atoms with Gasteiger partial charge in [0.2, 0.25) is 0 Å². The van der Waals surface area contributed by atoms with E-state index in [-0.39, 0.29) is 6.04 Å². The van der Waals surface area contributed by atoms with Crippen molar-refractivity contribution in [3.05, 3.63) is 59.2 Å². The predicted octanol–water partition coefficient (Wildman–Crippen LogP) is 3.45. The van der Waals surface area contributed by atoms with E-state index in [1.165, 1.54) is 16.7 Å². The maximum Gasteiger partial charge on any atom is 0.120 e. The Hall–Kier alpha value is -2.00. The molecule has 2 rings (SSSR count). The van der Waals surface area contributed by atoms with E-state index in [2.05, 4.69) is 50.1 Å². The van der Waals surface area contributed by atoms with Gasteiger partial charge in [-0.25, -0.2) is 0 Å². The lowest BCUT2D eigenvalue weighted by molar-refractivity contribution is 0.415. The zero-order valence-electron chi connectivity index (χ0n) is 13.3. The molecule has 1 atom stereocenters. The summed E-state index contributed by atoms with van der Waals surface area (Å²) in [5, 5.41) is 0. The van der Waals surface area contributed by atoms with Crippen LogP contribution in [0.1, 0.15) is 22.7 Å². The number of methoxy groups -OCH3 is 1. The van der Waals surface area contributed by atoms with E-state index in [1.54, 1.807) is 7.11 Å². The van der Waals surface area contributed by atoms with Gasteiger partial charge >= 0.3 is 0 Å². The Kier molecular flexibility index (Phi) is 4.86. The van der Waals surface area contributed by atoms with Crippen LogP contribution in [0, 0.1) is 13.8 Å². The Morgan fingerprint density at radius 3 is 2.52 bits per heavy atom. The number of anilines is 1. The molecule has 0 saturated carbocycles. The minimum absolute atomic E-state index is 0.0134. The van der Waals surface area contributed by atoms with Crippen LogP contribution >= 0.6 is 0 Å². The van der Waals surface area contributed by atoms with Gasteiger partial charge in [0.1, 0.15) is 5.75 Å². The molecular weight excluding hydrogens is 260 g/mol. The third-order valence-electron chi connectivity index (χ3n) is 3.92. The molecule has 0 saturated heterocycles. The van der Waals surface area contributed by atoms with Gasteiger partial charge in [-0.1, -0.05) is 24.3 Å². The van der Waals surface area contributed by atoms with Crippen molar-refractivity contribution in [1.82, 2.24) is 0 Å². The number of aryl methyl sites for hydroxylation is 2. The van der Waals surface area contributed by atoms with Crippen LogP contribution in [0.4, 0.5) is 5.69 Å². The highest BCUT2D eigenvalue weighted by molar-refractivity contribution is 5.50. The molecule has 2 aromatic rings. The second-order valence-corrected chi connectivity index (χ2v) is 5.53. The molecule has 3 nitrogen and oxygen atoms in total. The van der Waals surface area contributed by atoms with Crippen LogP contribution in [0.25, 0.3) is 0 Å². The number of ether oxygens (including phenoxy) is 1. The summed E-state index contributed by atoms with van der Waals surface area (Å²) in [6, 6.07) is 14.4. The average Bonchev–Trinajstić information content (AvgIpc) is 2.49. The lowest BCUT2D eigenvalue weighted by Gasteiger charge is -2.24. The zero-order valence-corrected chi connectivity index (χ0v) is 13.3. The van der Waals surface area contributed by atoms with Gasteiger partial charge in [-0.05, 0) is 42.7 Å². The molecular formula is C18H24N2O. The highest BCUT2D eigenvalue weighted by Crippen LogP contribution is 2.22. The molecule has 0 aliphatic rings. The summed E-state index contributed by atoms with van der Waals surface area (Å²) in [4.78, 5) is 2.16. The molecule has 3 heteroatoms. The predicted molar refractivity (Wildman–Crippen MR) is 89.1 cm³/mol. The first kappa shape index (κ1) is 15.4. The molecule has 0 heterocycles. The maximum absolute atomic E-state index is 6.35. The Morgan fingerprint density at radius 2 is 1.86 bits per heavy atom. The molecule has 112 valence electrons. The summed E-state index contributed by atoms with van der Waals surface area (Å²) in [6.45, 7) is 5.00. The van der Waals surface area contributed by atoms with Gasteiger partial charge in [0.05, 0.1) is 7.11 Å². The summed E-state index contributed by atoms with van der Waals surface area (Å²) in [5.74, 6) is 0.860. The monoisotopic (exact) mass is 284 g/mol. The van der Waals surface area contributed by atoms with Gasteiger partial charge in [-0.2, -0.15) is 0 Å². The van der Waals surface area contributed by atoms with Crippen LogP contribution in [0.3, 0.4) is 0 Å². The van der Waals surface area contributed by atoms with Crippen molar-refractivity contribution in [2.24, 2.45) is 5.73 Å². The van der Waals surface area contributed by atoms with Gasteiger partial charge in [0, 0.05) is 31.4 Å². The highest BCUT2D eigenvalue weighted by Gasteiger charge is 2.11. The molecule has 1 unspecified atom stereocenters. The van der Waals surface area contributed by atoms with Crippen LogP contribution in [-0.4, -0.2) is 20.7 Å². The summed E-state index contributed by atoms with van der Waals surface area (Å²) in [6.07, 6.45) is 0. The van der Waals surface area contributed by atoms with Crippen molar-refractivity contribution < 1.29 is 4.74 Å². The number of hydrogen-bond acceptors (Lipinski definition) is 3. The molecule has 0 aromatic heterocycles. The van der Waals surface area contributed by atoms with E-state index in [0.717, 1.165) is 18.0 Å². The fourth-order valence-electron chi connectivity index (χ4n) is 2.35. The molecule has 0 spiro atoms. The van der Waals surface area contributed by atoms with Crippen molar-refractivity contribution in [3.63, 3.8) is 0 Å². The SMILES string of the molecule is COc1cccc(N(C)CC(N)c2ccc(C)c(C)c2)c1. The van der Waals surface area contributed by atoms with Crippen molar-refractivity contribution >= 4 is 5.69 Å². The molecule has 0 bridgehead atoms. The van der Waals surface area contributed by atoms with E-state index >= 15 is 0 Å². The Labute approximate surface area is 127 Å². The second-order valence-electron chi connectivity index (χ2n) is 5.53. The van der Waals surface area contributed by atoms with Crippen LogP contribution in [0.2, 0.25) is 0 Å². The molecule has 0 fully saturated rings. The summed E-state index contributed by atoms with van der Waals surface area (Å²) < 4.78 is 5.27. The first-order valence-corrected chi connectivity index (χ1v) is 7.19. The number of rotatable bonds is 5. The van der Waals surface area contributed by atoms with Gasteiger partial charge in [0.25, 0.3) is 0 Å². The highest BCUT2D eigenvalue weighted by atomic mass is 16.5. The lowest BCUT2D eigenvalue weighted by atomic mass is 10.0. The minimum Gasteiger partial charge on any atom is -0.497 e. The second kappa shape index (κ2) is 6.64. The number of nitrogens with zero attached hydrogens (tertiary/aromatic N) is 1. The topological polar surface area (TPSA) is 38.5 Å². The normalized spacial score (nSPS) is 12.0. The van der Waals surface area contributed by atoms with Crippen LogP contribution in [0.15, 0.2) is 42.5 Å². The number of likely N-dealkylation sites (N-methyl/N-ethyl adjacent to an activating group) is 1. The Bertz CT molecular complexity index is 610. The van der Waals surface area contributed by atoms with Gasteiger partial charge < -0.3 is 15.4 Å². The molecule has 2 N–H and O–H groups in total. The standard InChI is InChI=1S/C18H24N2O/c1-13-8-9-15(10-14(13)2)18(19)12-20(3)16-6-5-7-17(11-16)21-4/h5-11,18H,12,19H2,1-4H3. The fraction of sp³-hybridized carbons (Fsp3) is 0.333. The quantitative estimate of drug-likeness (QED) is 0.914. The fourth-order valence-corrected chi connectivity index (χ4v) is 2.35. The molecule has 0 radical (unpaired) electrons. The van der Waals surface area contributed by atoms with Gasteiger partial charge in [-0.3, -0.25) is 0 Å².